The summed E-state index contributed by atoms with van der Waals surface area (Å²) >= 11 is 0. The van der Waals surface area contributed by atoms with Crippen LogP contribution in [0.2, 0.25) is 0 Å². The van der Waals surface area contributed by atoms with Crippen molar-refractivity contribution in [1.82, 2.24) is 0 Å². The molecule has 1 rings (SSSR count). The van der Waals surface area contributed by atoms with Gasteiger partial charge in [0.25, 0.3) is 0 Å². The van der Waals surface area contributed by atoms with Crippen LogP contribution in [0, 0.1) is 11.6 Å². The quantitative estimate of drug-likeness (QED) is 0.603. The van der Waals surface area contributed by atoms with E-state index in [-0.39, 0.29) is 5.69 Å². The molecule has 0 amide bonds. The fraction of sp³-hybridized carbons (Fsp3) is 0.250. The first-order valence-electron chi connectivity index (χ1n) is 3.24. The summed E-state index contributed by atoms with van der Waals surface area (Å²) in [7, 11) is 3.33. The number of hydrogen-bond acceptors (Lipinski definition) is 1. The Morgan fingerprint density at radius 1 is 1.18 bits per heavy atom. The minimum Gasteiger partial charge on any atom is -0.375 e. The minimum atomic E-state index is -0.809. The number of halogens is 2. The molecule has 1 aromatic carbocycles. The van der Waals surface area contributed by atoms with Crippen LogP contribution in [-0.2, 0) is 0 Å². The van der Waals surface area contributed by atoms with E-state index in [1.165, 1.54) is 17.0 Å². The molecule has 0 spiro atoms. The molecule has 1 aromatic rings. The maximum atomic E-state index is 12.8. The zero-order chi connectivity index (χ0) is 8.43. The summed E-state index contributed by atoms with van der Waals surface area (Å²) in [6.45, 7) is 0. The van der Waals surface area contributed by atoms with E-state index in [0.29, 0.717) is 0 Å². The first-order chi connectivity index (χ1) is 5.13. The highest BCUT2D eigenvalue weighted by atomic mass is 19.2. The van der Waals surface area contributed by atoms with Crippen LogP contribution in [0.25, 0.3) is 0 Å². The van der Waals surface area contributed by atoms with Gasteiger partial charge in [-0.2, -0.15) is 0 Å². The highest BCUT2D eigenvalue weighted by Crippen LogP contribution is 2.18. The highest BCUT2D eigenvalue weighted by molar-refractivity contribution is 5.46. The largest absolute Gasteiger partial charge is 0.375 e. The zero-order valence-electron chi connectivity index (χ0n) is 6.44. The van der Waals surface area contributed by atoms with Crippen molar-refractivity contribution in [3.8, 4) is 0 Å². The standard InChI is InChI=1S/C8H9F2N/c1-11(2)7-5-3-4-6(9)8(7)10/h3-5H,1-2H3. The van der Waals surface area contributed by atoms with Gasteiger partial charge in [-0.15, -0.1) is 0 Å². The van der Waals surface area contributed by atoms with Crippen molar-refractivity contribution in [2.75, 3.05) is 19.0 Å². The molecular formula is C8H9F2N. The van der Waals surface area contributed by atoms with E-state index in [0.717, 1.165) is 6.07 Å². The topological polar surface area (TPSA) is 3.24 Å². The van der Waals surface area contributed by atoms with E-state index in [1.54, 1.807) is 14.1 Å². The summed E-state index contributed by atoms with van der Waals surface area (Å²) in [4.78, 5) is 1.53. The van der Waals surface area contributed by atoms with E-state index in [4.69, 9.17) is 0 Å². The number of benzene rings is 1. The van der Waals surface area contributed by atoms with Gasteiger partial charge >= 0.3 is 0 Å². The van der Waals surface area contributed by atoms with Crippen LogP contribution in [0.4, 0.5) is 14.5 Å². The van der Waals surface area contributed by atoms with Gasteiger partial charge in [0, 0.05) is 14.1 Å². The van der Waals surface area contributed by atoms with E-state index < -0.39 is 11.6 Å². The van der Waals surface area contributed by atoms with Crippen molar-refractivity contribution < 1.29 is 8.78 Å². The molecule has 0 atom stereocenters. The van der Waals surface area contributed by atoms with E-state index in [9.17, 15) is 8.78 Å². The summed E-state index contributed by atoms with van der Waals surface area (Å²) < 4.78 is 25.4. The molecule has 0 fully saturated rings. The Kier molecular flexibility index (Phi) is 2.08. The number of nitrogens with zero attached hydrogens (tertiary/aromatic N) is 1. The Hall–Kier alpha value is -1.12. The third kappa shape index (κ3) is 1.48. The molecule has 3 heteroatoms. The van der Waals surface area contributed by atoms with Crippen molar-refractivity contribution in [1.29, 1.82) is 0 Å². The molecule has 60 valence electrons. The summed E-state index contributed by atoms with van der Waals surface area (Å²) in [5, 5.41) is 0. The van der Waals surface area contributed by atoms with Crippen LogP contribution < -0.4 is 4.90 Å². The predicted molar refractivity (Wildman–Crippen MR) is 40.7 cm³/mol. The number of hydrogen-bond donors (Lipinski definition) is 0. The SMILES string of the molecule is CN(C)c1cccc(F)c1F. The van der Waals surface area contributed by atoms with Gasteiger partial charge in [-0.1, -0.05) is 6.07 Å². The summed E-state index contributed by atoms with van der Waals surface area (Å²) in [6, 6.07) is 4.11. The normalized spacial score (nSPS) is 9.82. The lowest BCUT2D eigenvalue weighted by Gasteiger charge is -2.12. The molecule has 0 radical (unpaired) electrons. The molecule has 0 aliphatic rings. The Labute approximate surface area is 64.3 Å². The van der Waals surface area contributed by atoms with Gasteiger partial charge in [-0.3, -0.25) is 0 Å². The van der Waals surface area contributed by atoms with Crippen molar-refractivity contribution in [3.63, 3.8) is 0 Å². The average Bonchev–Trinajstić information content (AvgIpc) is 1.94. The molecule has 1 nitrogen and oxygen atoms in total. The van der Waals surface area contributed by atoms with Gasteiger partial charge in [-0.05, 0) is 12.1 Å². The monoisotopic (exact) mass is 157 g/mol. The van der Waals surface area contributed by atoms with Gasteiger partial charge in [0.1, 0.15) is 0 Å². The first kappa shape index (κ1) is 7.98. The summed E-state index contributed by atoms with van der Waals surface area (Å²) in [5.74, 6) is -1.60. The van der Waals surface area contributed by atoms with Gasteiger partial charge in [0.15, 0.2) is 11.6 Å². The van der Waals surface area contributed by atoms with Crippen LogP contribution >= 0.6 is 0 Å². The van der Waals surface area contributed by atoms with Crippen LogP contribution in [0.3, 0.4) is 0 Å². The maximum Gasteiger partial charge on any atom is 0.182 e. The Morgan fingerprint density at radius 2 is 1.82 bits per heavy atom. The fourth-order valence-electron chi connectivity index (χ4n) is 0.838. The molecule has 0 saturated carbocycles. The van der Waals surface area contributed by atoms with Crippen LogP contribution in [-0.4, -0.2) is 14.1 Å². The van der Waals surface area contributed by atoms with E-state index in [2.05, 4.69) is 0 Å². The van der Waals surface area contributed by atoms with Crippen molar-refractivity contribution in [3.05, 3.63) is 29.8 Å². The maximum absolute atomic E-state index is 12.8. The number of anilines is 1. The summed E-state index contributed by atoms with van der Waals surface area (Å²) in [5.41, 5.74) is 0.269. The van der Waals surface area contributed by atoms with Gasteiger partial charge in [-0.25, -0.2) is 8.78 Å². The summed E-state index contributed by atoms with van der Waals surface area (Å²) in [6.07, 6.45) is 0. The van der Waals surface area contributed by atoms with Gasteiger partial charge < -0.3 is 4.90 Å². The third-order valence-corrected chi connectivity index (χ3v) is 1.41. The highest BCUT2D eigenvalue weighted by Gasteiger charge is 2.07. The van der Waals surface area contributed by atoms with E-state index >= 15 is 0 Å². The van der Waals surface area contributed by atoms with Crippen molar-refractivity contribution in [2.24, 2.45) is 0 Å². The average molecular weight is 157 g/mol. The second kappa shape index (κ2) is 2.86. The van der Waals surface area contributed by atoms with Crippen LogP contribution in [0.5, 0.6) is 0 Å². The molecule has 0 aliphatic heterocycles. The smallest absolute Gasteiger partial charge is 0.182 e. The zero-order valence-corrected chi connectivity index (χ0v) is 6.44. The molecule has 11 heavy (non-hydrogen) atoms. The molecular weight excluding hydrogens is 148 g/mol. The second-order valence-corrected chi connectivity index (χ2v) is 2.47. The molecule has 0 N–H and O–H groups in total. The first-order valence-corrected chi connectivity index (χ1v) is 3.24. The van der Waals surface area contributed by atoms with E-state index in [1.807, 2.05) is 0 Å². The lowest BCUT2D eigenvalue weighted by molar-refractivity contribution is 0.509. The molecule has 0 bridgehead atoms. The second-order valence-electron chi connectivity index (χ2n) is 2.47. The van der Waals surface area contributed by atoms with Crippen molar-refractivity contribution >= 4 is 5.69 Å². The fourth-order valence-corrected chi connectivity index (χ4v) is 0.838. The van der Waals surface area contributed by atoms with Gasteiger partial charge in [0.2, 0.25) is 0 Å². The Bertz CT molecular complexity index is 258. The number of rotatable bonds is 1. The lowest BCUT2D eigenvalue weighted by atomic mass is 10.3. The Balaban J connectivity index is 3.17. The third-order valence-electron chi connectivity index (χ3n) is 1.41. The minimum absolute atomic E-state index is 0.269. The predicted octanol–water partition coefficient (Wildman–Crippen LogP) is 2.03. The van der Waals surface area contributed by atoms with Crippen LogP contribution in [0.15, 0.2) is 18.2 Å². The molecule has 0 heterocycles. The molecule has 0 aromatic heterocycles. The van der Waals surface area contributed by atoms with Crippen molar-refractivity contribution in [2.45, 2.75) is 0 Å². The molecule has 0 saturated heterocycles. The Morgan fingerprint density at radius 3 is 2.27 bits per heavy atom. The van der Waals surface area contributed by atoms with Gasteiger partial charge in [0.05, 0.1) is 5.69 Å². The lowest BCUT2D eigenvalue weighted by Crippen LogP contribution is -2.11. The molecule has 0 aliphatic carbocycles. The van der Waals surface area contributed by atoms with Crippen LogP contribution in [0.1, 0.15) is 0 Å². The molecule has 0 unspecified atom stereocenters.